The molecule has 2 saturated heterocycles. The molecule has 0 aromatic rings. The van der Waals surface area contributed by atoms with Crippen molar-refractivity contribution in [1.29, 1.82) is 0 Å². The molecule has 2 rings (SSSR count). The first-order chi connectivity index (χ1) is 8.89. The largest absolute Gasteiger partial charge is 0.444 e. The molecule has 2 aliphatic heterocycles. The molecule has 1 amide bonds. The zero-order valence-corrected chi connectivity index (χ0v) is 12.4. The average molecular weight is 269 g/mol. The summed E-state index contributed by atoms with van der Waals surface area (Å²) in [7, 11) is 0. The van der Waals surface area contributed by atoms with Gasteiger partial charge >= 0.3 is 6.09 Å². The van der Waals surface area contributed by atoms with Gasteiger partial charge in [0.2, 0.25) is 0 Å². The molecule has 0 radical (unpaired) electrons. The lowest BCUT2D eigenvalue weighted by molar-refractivity contribution is 0.0282. The maximum Gasteiger partial charge on any atom is 0.410 e. The van der Waals surface area contributed by atoms with Crippen LogP contribution in [0.2, 0.25) is 0 Å². The van der Waals surface area contributed by atoms with Crippen molar-refractivity contribution in [2.45, 2.75) is 45.3 Å². The van der Waals surface area contributed by atoms with Crippen molar-refractivity contribution >= 4 is 6.09 Å². The third kappa shape index (κ3) is 3.83. The van der Waals surface area contributed by atoms with Gasteiger partial charge in [-0.05, 0) is 52.6 Å². The minimum atomic E-state index is -0.409. The fraction of sp³-hybridized carbons (Fsp3) is 0.929. The number of nitrogens with two attached hydrogens (primary N) is 1. The van der Waals surface area contributed by atoms with Crippen molar-refractivity contribution in [2.24, 2.45) is 11.7 Å². The second-order valence-electron chi connectivity index (χ2n) is 6.75. The number of hydrogen-bond donors (Lipinski definition) is 1. The van der Waals surface area contributed by atoms with E-state index in [0.29, 0.717) is 12.0 Å². The van der Waals surface area contributed by atoms with Gasteiger partial charge < -0.3 is 15.4 Å². The Kier molecular flexibility index (Phi) is 4.36. The Labute approximate surface area is 116 Å². The third-order valence-electron chi connectivity index (χ3n) is 3.98. The zero-order chi connectivity index (χ0) is 14.0. The van der Waals surface area contributed by atoms with Gasteiger partial charge in [0.25, 0.3) is 0 Å². The maximum absolute atomic E-state index is 12.0. The second kappa shape index (κ2) is 5.67. The van der Waals surface area contributed by atoms with Crippen LogP contribution in [0.25, 0.3) is 0 Å². The van der Waals surface area contributed by atoms with Crippen molar-refractivity contribution < 1.29 is 9.53 Å². The van der Waals surface area contributed by atoms with Gasteiger partial charge in [-0.25, -0.2) is 4.79 Å². The predicted molar refractivity (Wildman–Crippen MR) is 74.9 cm³/mol. The molecule has 5 heteroatoms. The number of rotatable bonds is 2. The van der Waals surface area contributed by atoms with Crippen LogP contribution in [0.4, 0.5) is 4.79 Å². The van der Waals surface area contributed by atoms with Crippen LogP contribution >= 0.6 is 0 Å². The molecule has 2 N–H and O–H groups in total. The highest BCUT2D eigenvalue weighted by molar-refractivity contribution is 5.68. The number of likely N-dealkylation sites (tertiary alicyclic amines) is 2. The Hall–Kier alpha value is -0.810. The molecule has 110 valence electrons. The average Bonchev–Trinajstić information content (AvgIpc) is 2.95. The lowest BCUT2D eigenvalue weighted by atomic mass is 10.1. The third-order valence-corrected chi connectivity index (χ3v) is 3.98. The molecule has 0 aromatic heterocycles. The predicted octanol–water partition coefficient (Wildman–Crippen LogP) is 1.28. The highest BCUT2D eigenvalue weighted by atomic mass is 16.6. The van der Waals surface area contributed by atoms with E-state index in [1.807, 2.05) is 25.7 Å². The number of carbonyl (C=O) groups is 1. The molecule has 19 heavy (non-hydrogen) atoms. The quantitative estimate of drug-likeness (QED) is 0.820. The van der Waals surface area contributed by atoms with E-state index in [2.05, 4.69) is 4.90 Å². The molecule has 2 fully saturated rings. The summed E-state index contributed by atoms with van der Waals surface area (Å²) in [5, 5.41) is 0. The van der Waals surface area contributed by atoms with Gasteiger partial charge in [0.15, 0.2) is 0 Å². The molecule has 0 aliphatic carbocycles. The number of nitrogens with zero attached hydrogens (tertiary/aromatic N) is 2. The standard InChI is InChI=1S/C14H27N3O2/c1-14(2,3)19-13(18)17-7-5-12(10-17)16-6-4-11(8-15)9-16/h11-12H,4-10,15H2,1-3H3. The fourth-order valence-electron chi connectivity index (χ4n) is 2.92. The molecule has 2 atom stereocenters. The van der Waals surface area contributed by atoms with Gasteiger partial charge in [-0.1, -0.05) is 0 Å². The number of hydrogen-bond acceptors (Lipinski definition) is 4. The molecule has 2 aliphatic rings. The van der Waals surface area contributed by atoms with E-state index in [0.717, 1.165) is 39.1 Å². The van der Waals surface area contributed by atoms with Crippen LogP contribution in [0, 0.1) is 5.92 Å². The van der Waals surface area contributed by atoms with Crippen LogP contribution in [0.1, 0.15) is 33.6 Å². The topological polar surface area (TPSA) is 58.8 Å². The minimum Gasteiger partial charge on any atom is -0.444 e. The Bertz CT molecular complexity index is 327. The Morgan fingerprint density at radius 3 is 2.58 bits per heavy atom. The summed E-state index contributed by atoms with van der Waals surface area (Å²) in [5.74, 6) is 0.635. The summed E-state index contributed by atoms with van der Waals surface area (Å²) in [6.07, 6.45) is 2.07. The maximum atomic E-state index is 12.0. The summed E-state index contributed by atoms with van der Waals surface area (Å²) in [4.78, 5) is 16.3. The normalized spacial score (nSPS) is 28.9. The van der Waals surface area contributed by atoms with E-state index in [4.69, 9.17) is 10.5 Å². The van der Waals surface area contributed by atoms with Crippen molar-refractivity contribution in [3.63, 3.8) is 0 Å². The Morgan fingerprint density at radius 1 is 1.26 bits per heavy atom. The number of amides is 1. The molecule has 2 unspecified atom stereocenters. The highest BCUT2D eigenvalue weighted by Gasteiger charge is 2.35. The summed E-state index contributed by atoms with van der Waals surface area (Å²) in [5.41, 5.74) is 5.32. The van der Waals surface area contributed by atoms with E-state index < -0.39 is 5.60 Å². The smallest absolute Gasteiger partial charge is 0.410 e. The lowest BCUT2D eigenvalue weighted by Crippen LogP contribution is -2.39. The van der Waals surface area contributed by atoms with Gasteiger partial charge in [-0.3, -0.25) is 4.90 Å². The van der Waals surface area contributed by atoms with Gasteiger partial charge in [0, 0.05) is 25.7 Å². The summed E-state index contributed by atoms with van der Waals surface area (Å²) < 4.78 is 5.42. The van der Waals surface area contributed by atoms with E-state index >= 15 is 0 Å². The van der Waals surface area contributed by atoms with Crippen LogP contribution in [0.3, 0.4) is 0 Å². The Balaban J connectivity index is 1.82. The van der Waals surface area contributed by atoms with Crippen molar-refractivity contribution in [3.8, 4) is 0 Å². The molecule has 0 saturated carbocycles. The van der Waals surface area contributed by atoms with Crippen molar-refractivity contribution in [2.75, 3.05) is 32.7 Å². The first-order valence-electron chi connectivity index (χ1n) is 7.31. The van der Waals surface area contributed by atoms with Gasteiger partial charge in [-0.2, -0.15) is 0 Å². The summed E-state index contributed by atoms with van der Waals surface area (Å²) in [6.45, 7) is 10.3. The summed E-state index contributed by atoms with van der Waals surface area (Å²) >= 11 is 0. The zero-order valence-electron chi connectivity index (χ0n) is 12.4. The van der Waals surface area contributed by atoms with Crippen molar-refractivity contribution in [3.05, 3.63) is 0 Å². The molecule has 0 bridgehead atoms. The molecule has 0 aromatic carbocycles. The second-order valence-corrected chi connectivity index (χ2v) is 6.75. The van der Waals surface area contributed by atoms with Crippen LogP contribution in [-0.2, 0) is 4.74 Å². The number of ether oxygens (including phenoxy) is 1. The SMILES string of the molecule is CC(C)(C)OC(=O)N1CCC(N2CCC(CN)C2)C1. The summed E-state index contributed by atoms with van der Waals surface area (Å²) in [6, 6.07) is 0.490. The van der Waals surface area contributed by atoms with E-state index in [1.54, 1.807) is 0 Å². The molecular formula is C14H27N3O2. The van der Waals surface area contributed by atoms with Gasteiger partial charge in [0.1, 0.15) is 5.60 Å². The van der Waals surface area contributed by atoms with Crippen LogP contribution < -0.4 is 5.73 Å². The first kappa shape index (κ1) is 14.6. The monoisotopic (exact) mass is 269 g/mol. The lowest BCUT2D eigenvalue weighted by Gasteiger charge is -2.26. The van der Waals surface area contributed by atoms with E-state index in [-0.39, 0.29) is 6.09 Å². The molecule has 5 nitrogen and oxygen atoms in total. The van der Waals surface area contributed by atoms with Crippen LogP contribution in [0.15, 0.2) is 0 Å². The van der Waals surface area contributed by atoms with Gasteiger partial charge in [0.05, 0.1) is 0 Å². The minimum absolute atomic E-state index is 0.176. The molecule has 0 spiro atoms. The van der Waals surface area contributed by atoms with Gasteiger partial charge in [-0.15, -0.1) is 0 Å². The van der Waals surface area contributed by atoms with E-state index in [9.17, 15) is 4.79 Å². The molecule has 2 heterocycles. The molecular weight excluding hydrogens is 242 g/mol. The number of carbonyl (C=O) groups excluding carboxylic acids is 1. The van der Waals surface area contributed by atoms with Crippen LogP contribution in [-0.4, -0.2) is 60.3 Å². The first-order valence-corrected chi connectivity index (χ1v) is 7.31. The van der Waals surface area contributed by atoms with E-state index in [1.165, 1.54) is 6.42 Å². The fourth-order valence-corrected chi connectivity index (χ4v) is 2.92. The highest BCUT2D eigenvalue weighted by Crippen LogP contribution is 2.24. The Morgan fingerprint density at radius 2 is 2.00 bits per heavy atom. The van der Waals surface area contributed by atoms with Crippen molar-refractivity contribution in [1.82, 2.24) is 9.80 Å². The van der Waals surface area contributed by atoms with Crippen LogP contribution in [0.5, 0.6) is 0 Å².